The zero-order chi connectivity index (χ0) is 21.8. The number of halogens is 1. The van der Waals surface area contributed by atoms with Crippen molar-refractivity contribution in [1.29, 1.82) is 0 Å². The first-order chi connectivity index (χ1) is 15.0. The Morgan fingerprint density at radius 3 is 2.84 bits per heavy atom. The topological polar surface area (TPSA) is 85.9 Å². The normalized spacial score (nSPS) is 14.6. The Morgan fingerprint density at radius 2 is 2.10 bits per heavy atom. The number of nitrogens with one attached hydrogen (secondary N) is 3. The number of para-hydroxylation sites is 1. The smallest absolute Gasteiger partial charge is 0.291 e. The number of pyridine rings is 1. The van der Waals surface area contributed by atoms with E-state index in [4.69, 9.17) is 0 Å². The molecule has 3 heterocycles. The summed E-state index contributed by atoms with van der Waals surface area (Å²) in [6.07, 6.45) is 5.35. The van der Waals surface area contributed by atoms with Gasteiger partial charge in [0.2, 0.25) is 0 Å². The van der Waals surface area contributed by atoms with E-state index in [1.165, 1.54) is 6.07 Å². The lowest BCUT2D eigenvalue weighted by Crippen LogP contribution is -2.37. The van der Waals surface area contributed by atoms with Crippen molar-refractivity contribution in [3.8, 4) is 11.3 Å². The molecule has 2 aromatic heterocycles. The van der Waals surface area contributed by atoms with E-state index in [1.54, 1.807) is 24.5 Å². The number of carbonyl (C=O) groups excluding carboxylic acids is 1. The number of imidazole rings is 1. The van der Waals surface area contributed by atoms with Gasteiger partial charge in [0, 0.05) is 36.7 Å². The first-order valence-corrected chi connectivity index (χ1v) is 10.5. The lowest BCUT2D eigenvalue weighted by Gasteiger charge is -2.34. The molecule has 1 aromatic carbocycles. The van der Waals surface area contributed by atoms with Gasteiger partial charge in [0.25, 0.3) is 5.91 Å². The fourth-order valence-electron chi connectivity index (χ4n) is 4.06. The van der Waals surface area contributed by atoms with Crippen LogP contribution in [0.5, 0.6) is 0 Å². The molecule has 0 bridgehead atoms. The Balaban J connectivity index is 1.51. The van der Waals surface area contributed by atoms with Crippen molar-refractivity contribution in [1.82, 2.24) is 20.3 Å². The van der Waals surface area contributed by atoms with Gasteiger partial charge in [0.05, 0.1) is 17.1 Å². The maximum atomic E-state index is 14.8. The van der Waals surface area contributed by atoms with Crippen molar-refractivity contribution in [2.24, 2.45) is 5.92 Å². The van der Waals surface area contributed by atoms with E-state index in [9.17, 15) is 9.18 Å². The number of rotatable bonds is 6. The summed E-state index contributed by atoms with van der Waals surface area (Å²) in [6.45, 7) is 4.37. The monoisotopic (exact) mass is 422 g/mol. The van der Waals surface area contributed by atoms with Crippen LogP contribution < -0.4 is 15.5 Å². The number of H-pyrrole nitrogens is 1. The van der Waals surface area contributed by atoms with E-state index in [2.05, 4.69) is 25.6 Å². The Kier molecular flexibility index (Phi) is 6.27. The van der Waals surface area contributed by atoms with E-state index in [1.807, 2.05) is 31.0 Å². The SMILES string of the molecule is CNCC1CCN(c2c(F)cccc2NC(=O)c2nc(-c3ccnc(C)c3)c[nH]2)CC1. The summed E-state index contributed by atoms with van der Waals surface area (Å²) in [5, 5.41) is 6.05. The van der Waals surface area contributed by atoms with Crippen LogP contribution in [0.25, 0.3) is 11.3 Å². The second-order valence-corrected chi connectivity index (χ2v) is 7.90. The van der Waals surface area contributed by atoms with Crippen LogP contribution >= 0.6 is 0 Å². The molecule has 3 aromatic rings. The van der Waals surface area contributed by atoms with E-state index in [0.717, 1.165) is 43.7 Å². The Bertz CT molecular complexity index is 1060. The zero-order valence-corrected chi connectivity index (χ0v) is 17.8. The number of amides is 1. The van der Waals surface area contributed by atoms with E-state index in [-0.39, 0.29) is 11.6 Å². The first-order valence-electron chi connectivity index (χ1n) is 10.5. The van der Waals surface area contributed by atoms with Crippen LogP contribution in [-0.4, -0.2) is 47.5 Å². The van der Waals surface area contributed by atoms with Gasteiger partial charge < -0.3 is 20.5 Å². The molecule has 31 heavy (non-hydrogen) atoms. The van der Waals surface area contributed by atoms with Gasteiger partial charge in [-0.25, -0.2) is 9.37 Å². The molecular formula is C23H27FN6O. The number of aromatic amines is 1. The summed E-state index contributed by atoms with van der Waals surface area (Å²) in [7, 11) is 1.95. The van der Waals surface area contributed by atoms with Gasteiger partial charge in [-0.05, 0) is 63.5 Å². The summed E-state index contributed by atoms with van der Waals surface area (Å²) in [6, 6.07) is 8.51. The van der Waals surface area contributed by atoms with Crippen molar-refractivity contribution in [2.75, 3.05) is 36.9 Å². The van der Waals surface area contributed by atoms with E-state index >= 15 is 0 Å². The summed E-state index contributed by atoms with van der Waals surface area (Å²) in [4.78, 5) is 26.4. The van der Waals surface area contributed by atoms with Gasteiger partial charge in [0.1, 0.15) is 5.82 Å². The van der Waals surface area contributed by atoms with Crippen LogP contribution in [0.1, 0.15) is 29.2 Å². The molecule has 0 spiro atoms. The lowest BCUT2D eigenvalue weighted by molar-refractivity contribution is 0.101. The number of carbonyl (C=O) groups is 1. The molecule has 0 atom stereocenters. The number of piperidine rings is 1. The molecular weight excluding hydrogens is 395 g/mol. The van der Waals surface area contributed by atoms with Crippen LogP contribution in [0.2, 0.25) is 0 Å². The van der Waals surface area contributed by atoms with Gasteiger partial charge in [-0.15, -0.1) is 0 Å². The molecule has 3 N–H and O–H groups in total. The molecule has 0 saturated carbocycles. The van der Waals surface area contributed by atoms with Crippen LogP contribution in [0.15, 0.2) is 42.7 Å². The Hall–Kier alpha value is -3.26. The van der Waals surface area contributed by atoms with Crippen molar-refractivity contribution in [3.05, 3.63) is 60.1 Å². The standard InChI is InChI=1S/C23H27FN6O/c1-15-12-17(6-9-26-15)20-14-27-22(28-20)23(31)29-19-5-3-4-18(24)21(19)30-10-7-16(8-11-30)13-25-2/h3-6,9,12,14,16,25H,7-8,10-11,13H2,1-2H3,(H,27,28)(H,29,31). The molecule has 1 aliphatic rings. The lowest BCUT2D eigenvalue weighted by atomic mass is 9.96. The largest absolute Gasteiger partial charge is 0.367 e. The number of benzene rings is 1. The number of hydrogen-bond acceptors (Lipinski definition) is 5. The molecule has 0 aliphatic carbocycles. The second kappa shape index (κ2) is 9.26. The molecule has 1 aliphatic heterocycles. The van der Waals surface area contributed by atoms with Crippen LogP contribution in [0.3, 0.4) is 0 Å². The molecule has 1 saturated heterocycles. The van der Waals surface area contributed by atoms with E-state index < -0.39 is 5.91 Å². The van der Waals surface area contributed by atoms with Gasteiger partial charge in [-0.3, -0.25) is 9.78 Å². The van der Waals surface area contributed by atoms with Crippen molar-refractivity contribution in [3.63, 3.8) is 0 Å². The van der Waals surface area contributed by atoms with Gasteiger partial charge in [-0.2, -0.15) is 0 Å². The average molecular weight is 423 g/mol. The van der Waals surface area contributed by atoms with Gasteiger partial charge in [0.15, 0.2) is 5.82 Å². The molecule has 1 fully saturated rings. The third-order valence-corrected chi connectivity index (χ3v) is 5.64. The van der Waals surface area contributed by atoms with Crippen molar-refractivity contribution >= 4 is 17.3 Å². The summed E-state index contributed by atoms with van der Waals surface area (Å²) >= 11 is 0. The van der Waals surface area contributed by atoms with Gasteiger partial charge >= 0.3 is 0 Å². The number of nitrogens with zero attached hydrogens (tertiary/aromatic N) is 3. The predicted octanol–water partition coefficient (Wildman–Crippen LogP) is 3.61. The number of anilines is 2. The minimum absolute atomic E-state index is 0.174. The average Bonchev–Trinajstić information content (AvgIpc) is 3.26. The number of aromatic nitrogens is 3. The van der Waals surface area contributed by atoms with Crippen molar-refractivity contribution in [2.45, 2.75) is 19.8 Å². The molecule has 1 amide bonds. The minimum atomic E-state index is -0.408. The Morgan fingerprint density at radius 1 is 1.29 bits per heavy atom. The van der Waals surface area contributed by atoms with Crippen LogP contribution in [0.4, 0.5) is 15.8 Å². The van der Waals surface area contributed by atoms with Crippen molar-refractivity contribution < 1.29 is 9.18 Å². The quantitative estimate of drug-likeness (QED) is 0.565. The number of aryl methyl sites for hydroxylation is 1. The highest BCUT2D eigenvalue weighted by atomic mass is 19.1. The summed E-state index contributed by atoms with van der Waals surface area (Å²) < 4.78 is 14.8. The molecule has 162 valence electrons. The van der Waals surface area contributed by atoms with Crippen LogP contribution in [0, 0.1) is 18.7 Å². The fourth-order valence-corrected chi connectivity index (χ4v) is 4.06. The molecule has 4 rings (SSSR count). The maximum Gasteiger partial charge on any atom is 0.291 e. The summed E-state index contributed by atoms with van der Waals surface area (Å²) in [5.41, 5.74) is 3.29. The highest BCUT2D eigenvalue weighted by molar-refractivity contribution is 6.04. The van der Waals surface area contributed by atoms with Gasteiger partial charge in [-0.1, -0.05) is 6.07 Å². The zero-order valence-electron chi connectivity index (χ0n) is 17.8. The minimum Gasteiger partial charge on any atom is -0.367 e. The van der Waals surface area contributed by atoms with E-state index in [0.29, 0.717) is 23.0 Å². The number of hydrogen-bond donors (Lipinski definition) is 3. The molecule has 0 radical (unpaired) electrons. The molecule has 0 unspecified atom stereocenters. The predicted molar refractivity (Wildman–Crippen MR) is 120 cm³/mol. The Labute approximate surface area is 181 Å². The fraction of sp³-hybridized carbons (Fsp3) is 0.348. The maximum absolute atomic E-state index is 14.8. The second-order valence-electron chi connectivity index (χ2n) is 7.90. The summed E-state index contributed by atoms with van der Waals surface area (Å²) in [5.74, 6) is 0.0167. The highest BCUT2D eigenvalue weighted by Crippen LogP contribution is 2.32. The third kappa shape index (κ3) is 4.74. The molecule has 7 nitrogen and oxygen atoms in total. The first kappa shape index (κ1) is 21.0. The molecule has 8 heteroatoms. The third-order valence-electron chi connectivity index (χ3n) is 5.64. The highest BCUT2D eigenvalue weighted by Gasteiger charge is 2.24. The van der Waals surface area contributed by atoms with Crippen LogP contribution in [-0.2, 0) is 0 Å².